The zero-order valence-corrected chi connectivity index (χ0v) is 14.7. The van der Waals surface area contributed by atoms with E-state index in [9.17, 15) is 4.79 Å². The van der Waals surface area contributed by atoms with E-state index in [4.69, 9.17) is 11.6 Å². The van der Waals surface area contributed by atoms with Crippen molar-refractivity contribution in [3.8, 4) is 11.3 Å². The summed E-state index contributed by atoms with van der Waals surface area (Å²) in [6, 6.07) is 14.9. The predicted molar refractivity (Wildman–Crippen MR) is 103 cm³/mol. The van der Waals surface area contributed by atoms with Crippen molar-refractivity contribution in [3.05, 3.63) is 77.7 Å². The van der Waals surface area contributed by atoms with Gasteiger partial charge in [0.15, 0.2) is 17.2 Å². The molecule has 0 aliphatic carbocycles. The molecule has 4 aromatic rings. The standard InChI is InChI=1S/C20H15ClN4O/c1-13(26)14-3-2-4-15(11-14)18-12-23-20-19(22-9-10-25(18)20)24-17-7-5-16(21)6-8-17/h2-12H,1H3,(H,22,24). The van der Waals surface area contributed by atoms with Crippen molar-refractivity contribution < 1.29 is 4.79 Å². The molecule has 0 spiro atoms. The Balaban J connectivity index is 1.76. The molecule has 0 aliphatic heterocycles. The van der Waals surface area contributed by atoms with Crippen molar-refractivity contribution in [2.75, 3.05) is 5.32 Å². The third kappa shape index (κ3) is 3.05. The molecule has 1 N–H and O–H groups in total. The Bertz CT molecular complexity index is 1100. The molecule has 0 saturated heterocycles. The van der Waals surface area contributed by atoms with Crippen LogP contribution in [0.4, 0.5) is 11.5 Å². The number of aromatic nitrogens is 3. The predicted octanol–water partition coefficient (Wildman–Crippen LogP) is 5.00. The van der Waals surface area contributed by atoms with Gasteiger partial charge in [0.05, 0.1) is 11.9 Å². The largest absolute Gasteiger partial charge is 0.337 e. The summed E-state index contributed by atoms with van der Waals surface area (Å²) < 4.78 is 1.95. The number of halogens is 1. The van der Waals surface area contributed by atoms with Gasteiger partial charge < -0.3 is 5.32 Å². The number of anilines is 2. The van der Waals surface area contributed by atoms with E-state index in [2.05, 4.69) is 15.3 Å². The minimum atomic E-state index is 0.0347. The lowest BCUT2D eigenvalue weighted by molar-refractivity contribution is 0.101. The Morgan fingerprint density at radius 3 is 2.69 bits per heavy atom. The van der Waals surface area contributed by atoms with Crippen LogP contribution in [0.3, 0.4) is 0 Å². The van der Waals surface area contributed by atoms with Gasteiger partial charge in [0.2, 0.25) is 0 Å². The fraction of sp³-hybridized carbons (Fsp3) is 0.0500. The average Bonchev–Trinajstić information content (AvgIpc) is 3.09. The van der Waals surface area contributed by atoms with Gasteiger partial charge in [0.1, 0.15) is 0 Å². The van der Waals surface area contributed by atoms with Crippen LogP contribution in [-0.2, 0) is 0 Å². The van der Waals surface area contributed by atoms with E-state index in [1.54, 1.807) is 19.3 Å². The third-order valence-electron chi connectivity index (χ3n) is 4.10. The van der Waals surface area contributed by atoms with E-state index < -0.39 is 0 Å². The van der Waals surface area contributed by atoms with E-state index in [-0.39, 0.29) is 5.78 Å². The molecule has 2 aromatic heterocycles. The maximum Gasteiger partial charge on any atom is 0.180 e. The van der Waals surface area contributed by atoms with E-state index in [0.717, 1.165) is 16.9 Å². The molecule has 0 amide bonds. The Morgan fingerprint density at radius 2 is 1.92 bits per heavy atom. The van der Waals surface area contributed by atoms with E-state index >= 15 is 0 Å². The number of fused-ring (bicyclic) bond motifs is 1. The summed E-state index contributed by atoms with van der Waals surface area (Å²) >= 11 is 5.93. The molecule has 6 heteroatoms. The number of imidazole rings is 1. The maximum absolute atomic E-state index is 11.7. The second kappa shape index (κ2) is 6.61. The van der Waals surface area contributed by atoms with Crippen molar-refractivity contribution >= 4 is 34.5 Å². The smallest absolute Gasteiger partial charge is 0.180 e. The lowest BCUT2D eigenvalue weighted by atomic mass is 10.1. The van der Waals surface area contributed by atoms with Gasteiger partial charge in [-0.15, -0.1) is 0 Å². The van der Waals surface area contributed by atoms with Gasteiger partial charge in [-0.05, 0) is 37.3 Å². The fourth-order valence-electron chi connectivity index (χ4n) is 2.79. The highest BCUT2D eigenvalue weighted by Gasteiger charge is 2.11. The zero-order chi connectivity index (χ0) is 18.1. The Kier molecular flexibility index (Phi) is 4.14. The second-order valence-electron chi connectivity index (χ2n) is 5.88. The number of hydrogen-bond acceptors (Lipinski definition) is 4. The van der Waals surface area contributed by atoms with Crippen molar-refractivity contribution in [2.24, 2.45) is 0 Å². The van der Waals surface area contributed by atoms with Gasteiger partial charge in [-0.2, -0.15) is 0 Å². The number of carbonyl (C=O) groups is 1. The molecule has 2 aromatic carbocycles. The van der Waals surface area contributed by atoms with Crippen molar-refractivity contribution in [2.45, 2.75) is 6.92 Å². The lowest BCUT2D eigenvalue weighted by Gasteiger charge is -2.08. The van der Waals surface area contributed by atoms with Gasteiger partial charge in [-0.25, -0.2) is 9.97 Å². The Morgan fingerprint density at radius 1 is 1.12 bits per heavy atom. The van der Waals surface area contributed by atoms with Gasteiger partial charge in [-0.3, -0.25) is 9.20 Å². The number of hydrogen-bond donors (Lipinski definition) is 1. The molecule has 26 heavy (non-hydrogen) atoms. The summed E-state index contributed by atoms with van der Waals surface area (Å²) in [5.74, 6) is 0.677. The molecule has 0 fully saturated rings. The van der Waals surface area contributed by atoms with Crippen LogP contribution < -0.4 is 5.32 Å². The van der Waals surface area contributed by atoms with Gasteiger partial charge in [-0.1, -0.05) is 29.8 Å². The summed E-state index contributed by atoms with van der Waals surface area (Å²) in [5.41, 5.74) is 4.06. The number of nitrogens with zero attached hydrogens (tertiary/aromatic N) is 3. The number of benzene rings is 2. The first kappa shape index (κ1) is 16.3. The number of nitrogens with one attached hydrogen (secondary N) is 1. The number of rotatable bonds is 4. The Labute approximate surface area is 155 Å². The minimum Gasteiger partial charge on any atom is -0.337 e. The molecule has 0 saturated carbocycles. The van der Waals surface area contributed by atoms with E-state index in [0.29, 0.717) is 22.1 Å². The maximum atomic E-state index is 11.7. The first-order chi connectivity index (χ1) is 12.6. The third-order valence-corrected chi connectivity index (χ3v) is 4.35. The second-order valence-corrected chi connectivity index (χ2v) is 6.32. The molecule has 2 heterocycles. The monoisotopic (exact) mass is 362 g/mol. The topological polar surface area (TPSA) is 59.3 Å². The van der Waals surface area contributed by atoms with Gasteiger partial charge in [0.25, 0.3) is 0 Å². The molecule has 0 bridgehead atoms. The van der Waals surface area contributed by atoms with Crippen LogP contribution in [0.25, 0.3) is 16.9 Å². The molecule has 0 aliphatic rings. The molecule has 128 valence electrons. The van der Waals surface area contributed by atoms with Crippen molar-refractivity contribution in [1.82, 2.24) is 14.4 Å². The molecule has 4 rings (SSSR count). The van der Waals surface area contributed by atoms with Crippen molar-refractivity contribution in [3.63, 3.8) is 0 Å². The highest BCUT2D eigenvalue weighted by atomic mass is 35.5. The highest BCUT2D eigenvalue weighted by molar-refractivity contribution is 6.30. The molecule has 0 radical (unpaired) electrons. The lowest BCUT2D eigenvalue weighted by Crippen LogP contribution is -1.98. The normalized spacial score (nSPS) is 10.8. The van der Waals surface area contributed by atoms with Crippen LogP contribution in [-0.4, -0.2) is 20.2 Å². The first-order valence-electron chi connectivity index (χ1n) is 8.08. The minimum absolute atomic E-state index is 0.0347. The van der Waals surface area contributed by atoms with Crippen LogP contribution in [0, 0.1) is 0 Å². The molecular formula is C20H15ClN4O. The summed E-state index contributed by atoms with van der Waals surface area (Å²) in [5, 5.41) is 3.94. The van der Waals surface area contributed by atoms with E-state index in [1.807, 2.05) is 59.1 Å². The molecule has 0 atom stereocenters. The summed E-state index contributed by atoms with van der Waals surface area (Å²) in [6.45, 7) is 1.56. The van der Waals surface area contributed by atoms with Gasteiger partial charge >= 0.3 is 0 Å². The molecule has 5 nitrogen and oxygen atoms in total. The summed E-state index contributed by atoms with van der Waals surface area (Å²) in [7, 11) is 0. The van der Waals surface area contributed by atoms with Crippen LogP contribution >= 0.6 is 11.6 Å². The Hall–Kier alpha value is -3.18. The number of carbonyl (C=O) groups excluding carboxylic acids is 1. The summed E-state index contributed by atoms with van der Waals surface area (Å²) in [4.78, 5) is 20.6. The number of ketones is 1. The summed E-state index contributed by atoms with van der Waals surface area (Å²) in [6.07, 6.45) is 5.35. The van der Waals surface area contributed by atoms with Gasteiger partial charge in [0, 0.05) is 34.2 Å². The number of Topliss-reactive ketones (excluding diaryl/α,β-unsaturated/α-hetero) is 1. The zero-order valence-electron chi connectivity index (χ0n) is 14.0. The van der Waals surface area contributed by atoms with Crippen LogP contribution in [0.15, 0.2) is 67.1 Å². The van der Waals surface area contributed by atoms with Crippen LogP contribution in [0.2, 0.25) is 5.02 Å². The average molecular weight is 363 g/mol. The van der Waals surface area contributed by atoms with Crippen LogP contribution in [0.1, 0.15) is 17.3 Å². The quantitative estimate of drug-likeness (QED) is 0.519. The first-order valence-corrected chi connectivity index (χ1v) is 8.45. The SMILES string of the molecule is CC(=O)c1cccc(-c2cnc3c(Nc4ccc(Cl)cc4)nccn23)c1. The fourth-order valence-corrected chi connectivity index (χ4v) is 2.91. The van der Waals surface area contributed by atoms with Crippen molar-refractivity contribution in [1.29, 1.82) is 0 Å². The highest BCUT2D eigenvalue weighted by Crippen LogP contribution is 2.26. The van der Waals surface area contributed by atoms with E-state index in [1.165, 1.54) is 0 Å². The molecular weight excluding hydrogens is 348 g/mol. The molecule has 0 unspecified atom stereocenters. The van der Waals surface area contributed by atoms with Crippen LogP contribution in [0.5, 0.6) is 0 Å².